The van der Waals surface area contributed by atoms with E-state index in [1.54, 1.807) is 0 Å². The van der Waals surface area contributed by atoms with Crippen LogP contribution in [0, 0.1) is 0 Å². The predicted octanol–water partition coefficient (Wildman–Crippen LogP) is 4.17. The summed E-state index contributed by atoms with van der Waals surface area (Å²) in [5.41, 5.74) is 1.59. The smallest absolute Gasteiger partial charge is 0.340 e. The van der Waals surface area contributed by atoms with Crippen LogP contribution in [-0.4, -0.2) is 20.9 Å². The van der Waals surface area contributed by atoms with Crippen molar-refractivity contribution in [2.45, 2.75) is 26.3 Å². The molecule has 6 heteroatoms. The van der Waals surface area contributed by atoms with Gasteiger partial charge in [0.1, 0.15) is 10.7 Å². The lowest BCUT2D eigenvalue weighted by Crippen LogP contribution is -2.03. The Morgan fingerprint density at radius 1 is 1.45 bits per heavy atom. The third-order valence-corrected chi connectivity index (χ3v) is 4.11. The fraction of sp³-hybridized carbons (Fsp3) is 0.286. The normalized spacial score (nSPS) is 11.1. The van der Waals surface area contributed by atoms with Gasteiger partial charge in [0.2, 0.25) is 0 Å². The first-order valence-electron chi connectivity index (χ1n) is 6.14. The zero-order valence-corrected chi connectivity index (χ0v) is 13.4. The first-order valence-corrected chi connectivity index (χ1v) is 7.31. The van der Waals surface area contributed by atoms with Gasteiger partial charge in [-0.3, -0.25) is 0 Å². The molecule has 2 aromatic rings. The van der Waals surface area contributed by atoms with E-state index < -0.39 is 5.97 Å². The molecule has 0 radical (unpaired) electrons. The van der Waals surface area contributed by atoms with Gasteiger partial charge in [-0.25, -0.2) is 9.48 Å². The Bertz CT molecular complexity index is 653. The van der Waals surface area contributed by atoms with Crippen LogP contribution >= 0.6 is 27.5 Å². The minimum Gasteiger partial charge on any atom is -0.478 e. The van der Waals surface area contributed by atoms with Crippen molar-refractivity contribution < 1.29 is 9.90 Å². The van der Waals surface area contributed by atoms with Gasteiger partial charge < -0.3 is 5.11 Å². The number of rotatable bonds is 4. The van der Waals surface area contributed by atoms with E-state index in [1.165, 1.54) is 4.68 Å². The number of carbonyl (C=O) groups is 1. The summed E-state index contributed by atoms with van der Waals surface area (Å²) in [6, 6.07) is 7.70. The number of hydrogen-bond acceptors (Lipinski definition) is 2. The molecule has 1 heterocycles. The van der Waals surface area contributed by atoms with Crippen LogP contribution in [0.15, 0.2) is 28.7 Å². The Labute approximate surface area is 130 Å². The highest BCUT2D eigenvalue weighted by Gasteiger charge is 2.24. The average Bonchev–Trinajstić information content (AvgIpc) is 2.70. The maximum absolute atomic E-state index is 11.3. The molecule has 0 fully saturated rings. The highest BCUT2D eigenvalue weighted by atomic mass is 79.9. The summed E-state index contributed by atoms with van der Waals surface area (Å²) < 4.78 is 2.47. The lowest BCUT2D eigenvalue weighted by atomic mass is 10.1. The van der Waals surface area contributed by atoms with Gasteiger partial charge in [-0.15, -0.1) is 0 Å². The zero-order valence-electron chi connectivity index (χ0n) is 11.1. The van der Waals surface area contributed by atoms with E-state index >= 15 is 0 Å². The summed E-state index contributed by atoms with van der Waals surface area (Å²) in [7, 11) is 0. The third kappa shape index (κ3) is 2.88. The lowest BCUT2D eigenvalue weighted by molar-refractivity contribution is 0.0695. The van der Waals surface area contributed by atoms with Crippen molar-refractivity contribution in [2.75, 3.05) is 0 Å². The van der Waals surface area contributed by atoms with Gasteiger partial charge in [0.25, 0.3) is 0 Å². The Morgan fingerprint density at radius 3 is 2.60 bits per heavy atom. The molecule has 106 valence electrons. The standard InChI is InChI=1S/C14H14BrClN2O2/c1-8(2)12-11(14(19)20)13(16)18(17-12)7-9-5-3-4-6-10(9)15/h3-6,8H,7H2,1-2H3,(H,19,20). The first kappa shape index (κ1) is 15.1. The topological polar surface area (TPSA) is 55.1 Å². The molecule has 1 aromatic carbocycles. The summed E-state index contributed by atoms with van der Waals surface area (Å²) in [4.78, 5) is 11.3. The van der Waals surface area contributed by atoms with Gasteiger partial charge in [-0.05, 0) is 17.5 Å². The van der Waals surface area contributed by atoms with Gasteiger partial charge in [0.15, 0.2) is 0 Å². The average molecular weight is 358 g/mol. The van der Waals surface area contributed by atoms with E-state index in [9.17, 15) is 9.90 Å². The number of benzene rings is 1. The van der Waals surface area contributed by atoms with Crippen molar-refractivity contribution in [3.63, 3.8) is 0 Å². The van der Waals surface area contributed by atoms with Gasteiger partial charge >= 0.3 is 5.97 Å². The number of hydrogen-bond donors (Lipinski definition) is 1. The summed E-state index contributed by atoms with van der Waals surface area (Å²) >= 11 is 9.64. The molecule has 0 unspecified atom stereocenters. The fourth-order valence-electron chi connectivity index (χ4n) is 1.95. The molecule has 20 heavy (non-hydrogen) atoms. The summed E-state index contributed by atoms with van der Waals surface area (Å²) in [6.45, 7) is 4.22. The molecule has 0 atom stereocenters. The van der Waals surface area contributed by atoms with Crippen LogP contribution in [0.5, 0.6) is 0 Å². The second kappa shape index (κ2) is 5.97. The van der Waals surface area contributed by atoms with Crippen LogP contribution in [0.2, 0.25) is 5.15 Å². The predicted molar refractivity (Wildman–Crippen MR) is 81.5 cm³/mol. The van der Waals surface area contributed by atoms with Crippen LogP contribution in [0.4, 0.5) is 0 Å². The quantitative estimate of drug-likeness (QED) is 0.893. The number of aromatic nitrogens is 2. The molecular formula is C14H14BrClN2O2. The maximum atomic E-state index is 11.3. The first-order chi connectivity index (χ1) is 9.41. The van der Waals surface area contributed by atoms with Crippen LogP contribution < -0.4 is 0 Å². The number of aromatic carboxylic acids is 1. The number of carboxylic acids is 1. The van der Waals surface area contributed by atoms with Crippen molar-refractivity contribution in [3.8, 4) is 0 Å². The largest absolute Gasteiger partial charge is 0.478 e. The minimum absolute atomic E-state index is 0.000867. The summed E-state index contributed by atoms with van der Waals surface area (Å²) in [5, 5.41) is 13.8. The van der Waals surface area contributed by atoms with Crippen LogP contribution in [0.25, 0.3) is 0 Å². The maximum Gasteiger partial charge on any atom is 0.340 e. The van der Waals surface area contributed by atoms with Gasteiger partial charge in [-0.2, -0.15) is 5.10 Å². The van der Waals surface area contributed by atoms with E-state index in [2.05, 4.69) is 21.0 Å². The van der Waals surface area contributed by atoms with E-state index in [1.807, 2.05) is 38.1 Å². The second-order valence-corrected chi connectivity index (χ2v) is 5.97. The molecule has 0 aliphatic rings. The van der Waals surface area contributed by atoms with Crippen molar-refractivity contribution in [3.05, 3.63) is 50.7 Å². The molecule has 0 saturated heterocycles. The van der Waals surface area contributed by atoms with Crippen LogP contribution in [-0.2, 0) is 6.54 Å². The Morgan fingerprint density at radius 2 is 2.10 bits per heavy atom. The molecule has 2 rings (SSSR count). The number of carboxylic acid groups (broad SMARTS) is 1. The molecule has 0 aliphatic heterocycles. The zero-order chi connectivity index (χ0) is 14.9. The van der Waals surface area contributed by atoms with Gasteiger partial charge in [0, 0.05) is 4.47 Å². The van der Waals surface area contributed by atoms with E-state index in [0.717, 1.165) is 10.0 Å². The minimum atomic E-state index is -1.04. The molecule has 0 spiro atoms. The Kier molecular flexibility index (Phi) is 4.50. The number of halogens is 2. The summed E-state index contributed by atoms with van der Waals surface area (Å²) in [6.07, 6.45) is 0. The molecule has 4 nitrogen and oxygen atoms in total. The Balaban J connectivity index is 2.46. The van der Waals surface area contributed by atoms with Gasteiger partial charge in [-0.1, -0.05) is 59.6 Å². The van der Waals surface area contributed by atoms with Crippen LogP contribution in [0.3, 0.4) is 0 Å². The highest BCUT2D eigenvalue weighted by molar-refractivity contribution is 9.10. The molecule has 1 aromatic heterocycles. The van der Waals surface area contributed by atoms with Crippen molar-refractivity contribution >= 4 is 33.5 Å². The molecule has 0 amide bonds. The fourth-order valence-corrected chi connectivity index (χ4v) is 2.64. The van der Waals surface area contributed by atoms with Gasteiger partial charge in [0.05, 0.1) is 12.2 Å². The second-order valence-electron chi connectivity index (χ2n) is 4.76. The highest BCUT2D eigenvalue weighted by Crippen LogP contribution is 2.27. The third-order valence-electron chi connectivity index (χ3n) is 2.96. The van der Waals surface area contributed by atoms with Crippen LogP contribution in [0.1, 0.15) is 41.4 Å². The van der Waals surface area contributed by atoms with Crippen molar-refractivity contribution in [2.24, 2.45) is 0 Å². The molecule has 0 saturated carbocycles. The van der Waals surface area contributed by atoms with Crippen molar-refractivity contribution in [1.29, 1.82) is 0 Å². The molecule has 1 N–H and O–H groups in total. The van der Waals surface area contributed by atoms with E-state index in [4.69, 9.17) is 11.6 Å². The molecule has 0 aliphatic carbocycles. The molecule has 0 bridgehead atoms. The number of nitrogens with zero attached hydrogens (tertiary/aromatic N) is 2. The van der Waals surface area contributed by atoms with E-state index in [-0.39, 0.29) is 16.6 Å². The lowest BCUT2D eigenvalue weighted by Gasteiger charge is -2.05. The van der Waals surface area contributed by atoms with E-state index in [0.29, 0.717) is 12.2 Å². The SMILES string of the molecule is CC(C)c1nn(Cc2ccccc2Br)c(Cl)c1C(=O)O. The van der Waals surface area contributed by atoms with Crippen molar-refractivity contribution in [1.82, 2.24) is 9.78 Å². The Hall–Kier alpha value is -1.33. The monoisotopic (exact) mass is 356 g/mol. The summed E-state index contributed by atoms with van der Waals surface area (Å²) in [5.74, 6) is -1.05. The molecular weight excluding hydrogens is 344 g/mol.